The molecule has 0 bridgehead atoms. The van der Waals surface area contributed by atoms with Gasteiger partial charge in [0.1, 0.15) is 0 Å². The first-order valence-corrected chi connectivity index (χ1v) is 16.3. The Balaban J connectivity index is 1.45. The van der Waals surface area contributed by atoms with Crippen molar-refractivity contribution < 1.29 is 4.79 Å². The molecule has 1 N–H and O–H groups in total. The summed E-state index contributed by atoms with van der Waals surface area (Å²) in [7, 11) is 0. The van der Waals surface area contributed by atoms with Crippen LogP contribution in [-0.2, 0) is 0 Å². The zero-order chi connectivity index (χ0) is 29.5. The smallest absolute Gasteiger partial charge is 0.272 e. The maximum atomic E-state index is 13.2. The lowest BCUT2D eigenvalue weighted by Gasteiger charge is -2.11. The number of benzene rings is 2. The molecule has 3 rings (SSSR count). The largest absolute Gasteiger partial charge is 0.351 e. The average molecular weight is 617 g/mol. The van der Waals surface area contributed by atoms with Gasteiger partial charge in [-0.05, 0) is 69.4 Å². The summed E-state index contributed by atoms with van der Waals surface area (Å²) in [6, 6.07) is 12.7. The number of nitrogens with zero attached hydrogens (tertiary/aromatic N) is 2. The number of allylic oxidation sites excluding steroid dienone is 2. The van der Waals surface area contributed by atoms with Gasteiger partial charge in [-0.2, -0.15) is 5.10 Å². The molecule has 2 aromatic carbocycles. The van der Waals surface area contributed by atoms with Crippen LogP contribution in [-0.4, -0.2) is 22.2 Å². The van der Waals surface area contributed by atoms with Crippen molar-refractivity contribution in [2.24, 2.45) is 0 Å². The fourth-order valence-electron chi connectivity index (χ4n) is 4.97. The van der Waals surface area contributed by atoms with Gasteiger partial charge in [-0.25, -0.2) is 4.68 Å². The number of amides is 1. The lowest BCUT2D eigenvalue weighted by Crippen LogP contribution is -2.25. The van der Waals surface area contributed by atoms with Crippen molar-refractivity contribution in [2.45, 2.75) is 97.3 Å². The molecule has 0 aliphatic carbocycles. The van der Waals surface area contributed by atoms with E-state index in [1.54, 1.807) is 16.8 Å². The van der Waals surface area contributed by atoms with Crippen LogP contribution in [0.25, 0.3) is 16.9 Å². The van der Waals surface area contributed by atoms with Crippen molar-refractivity contribution in [3.63, 3.8) is 0 Å². The number of rotatable bonds is 18. The summed E-state index contributed by atoms with van der Waals surface area (Å²) >= 11 is 18.8. The molecule has 3 aromatic rings. The molecule has 0 aliphatic rings. The first kappa shape index (κ1) is 33.2. The minimum absolute atomic E-state index is 0.182. The molecular formula is C34H44Cl3N3O. The first-order valence-electron chi connectivity index (χ1n) is 15.2. The molecule has 41 heavy (non-hydrogen) atoms. The van der Waals surface area contributed by atoms with Gasteiger partial charge in [0.25, 0.3) is 5.91 Å². The summed E-state index contributed by atoms with van der Waals surface area (Å²) in [5, 5.41) is 9.39. The number of hydrogen-bond donors (Lipinski definition) is 1. The summed E-state index contributed by atoms with van der Waals surface area (Å²) < 4.78 is 1.72. The van der Waals surface area contributed by atoms with E-state index in [0.29, 0.717) is 33.0 Å². The molecule has 4 nitrogen and oxygen atoms in total. The van der Waals surface area contributed by atoms with Crippen molar-refractivity contribution in [3.05, 3.63) is 80.9 Å². The Morgan fingerprint density at radius 3 is 2.02 bits per heavy atom. The molecule has 222 valence electrons. The summed E-state index contributed by atoms with van der Waals surface area (Å²) in [6.45, 7) is 4.80. The zero-order valence-corrected chi connectivity index (χ0v) is 26.8. The van der Waals surface area contributed by atoms with E-state index in [9.17, 15) is 4.79 Å². The molecule has 0 atom stereocenters. The van der Waals surface area contributed by atoms with Gasteiger partial charge in [0.05, 0.1) is 16.4 Å². The quantitative estimate of drug-likeness (QED) is 0.114. The van der Waals surface area contributed by atoms with Crippen molar-refractivity contribution in [1.29, 1.82) is 0 Å². The van der Waals surface area contributed by atoms with E-state index in [4.69, 9.17) is 39.9 Å². The van der Waals surface area contributed by atoms with Crippen LogP contribution in [0.1, 0.15) is 106 Å². The predicted octanol–water partition coefficient (Wildman–Crippen LogP) is 11.2. The van der Waals surface area contributed by atoms with Crippen LogP contribution >= 0.6 is 34.8 Å². The van der Waals surface area contributed by atoms with Crippen LogP contribution in [0, 0.1) is 6.92 Å². The maximum Gasteiger partial charge on any atom is 0.272 e. The van der Waals surface area contributed by atoms with Gasteiger partial charge in [-0.15, -0.1) is 0 Å². The van der Waals surface area contributed by atoms with Gasteiger partial charge >= 0.3 is 0 Å². The van der Waals surface area contributed by atoms with E-state index in [1.165, 1.54) is 70.6 Å². The molecule has 0 saturated carbocycles. The van der Waals surface area contributed by atoms with Crippen LogP contribution in [0.15, 0.2) is 54.6 Å². The van der Waals surface area contributed by atoms with Crippen molar-refractivity contribution >= 4 is 40.7 Å². The van der Waals surface area contributed by atoms with Crippen LogP contribution in [0.4, 0.5) is 0 Å². The third-order valence-corrected chi connectivity index (χ3v) is 8.11. The van der Waals surface area contributed by atoms with Crippen LogP contribution in [0.5, 0.6) is 0 Å². The summed E-state index contributed by atoms with van der Waals surface area (Å²) in [5.74, 6) is -0.182. The van der Waals surface area contributed by atoms with E-state index >= 15 is 0 Å². The normalized spacial score (nSPS) is 11.4. The second-order valence-corrected chi connectivity index (χ2v) is 12.0. The molecule has 7 heteroatoms. The zero-order valence-electron chi connectivity index (χ0n) is 24.5. The molecule has 0 saturated heterocycles. The third-order valence-electron chi connectivity index (χ3n) is 7.32. The lowest BCUT2D eigenvalue weighted by molar-refractivity contribution is 0.0947. The van der Waals surface area contributed by atoms with Crippen molar-refractivity contribution in [1.82, 2.24) is 15.1 Å². The van der Waals surface area contributed by atoms with E-state index in [2.05, 4.69) is 24.4 Å². The summed E-state index contributed by atoms with van der Waals surface area (Å²) in [4.78, 5) is 13.2. The average Bonchev–Trinajstić information content (AvgIpc) is 3.29. The van der Waals surface area contributed by atoms with Crippen molar-refractivity contribution in [2.75, 3.05) is 6.54 Å². The summed E-state index contributed by atoms with van der Waals surface area (Å²) in [6.07, 6.45) is 20.9. The van der Waals surface area contributed by atoms with Crippen LogP contribution < -0.4 is 5.32 Å². The minimum Gasteiger partial charge on any atom is -0.351 e. The molecule has 0 spiro atoms. The van der Waals surface area contributed by atoms with E-state index in [0.717, 1.165) is 29.7 Å². The molecule has 1 amide bonds. The molecule has 0 fully saturated rings. The lowest BCUT2D eigenvalue weighted by atomic mass is 10.1. The Labute approximate surface area is 261 Å². The van der Waals surface area contributed by atoms with Gasteiger partial charge in [0.2, 0.25) is 0 Å². The Kier molecular flexibility index (Phi) is 14.8. The molecule has 0 aliphatic heterocycles. The number of nitrogens with one attached hydrogen (secondary N) is 1. The van der Waals surface area contributed by atoms with Gasteiger partial charge < -0.3 is 5.32 Å². The molecule has 1 heterocycles. The topological polar surface area (TPSA) is 46.9 Å². The molecule has 0 radical (unpaired) electrons. The highest BCUT2D eigenvalue weighted by Crippen LogP contribution is 2.33. The Bertz CT molecular complexity index is 1250. The second-order valence-electron chi connectivity index (χ2n) is 10.7. The molecule has 1 aromatic heterocycles. The fraction of sp³-hybridized carbons (Fsp3) is 0.471. The Hall–Kier alpha value is -2.27. The monoisotopic (exact) mass is 615 g/mol. The highest BCUT2D eigenvalue weighted by atomic mass is 35.5. The SMILES string of the molecule is CCCCCCC/C=C/CCCCCCCCNC(=O)c1nn(-c2ccc(Cl)cc2Cl)c(-c2ccc(Cl)cc2)c1C. The number of halogens is 3. The number of carbonyl (C=O) groups excluding carboxylic acids is 1. The van der Waals surface area contributed by atoms with E-state index in [1.807, 2.05) is 37.3 Å². The minimum atomic E-state index is -0.182. The van der Waals surface area contributed by atoms with Gasteiger partial charge in [0.15, 0.2) is 5.69 Å². The highest BCUT2D eigenvalue weighted by molar-refractivity contribution is 6.35. The number of carbonyl (C=O) groups is 1. The van der Waals surface area contributed by atoms with Gasteiger partial charge in [-0.3, -0.25) is 4.79 Å². The van der Waals surface area contributed by atoms with Crippen LogP contribution in [0.2, 0.25) is 15.1 Å². The second kappa shape index (κ2) is 18.3. The van der Waals surface area contributed by atoms with E-state index in [-0.39, 0.29) is 5.91 Å². The third kappa shape index (κ3) is 10.8. The number of aromatic nitrogens is 2. The predicted molar refractivity (Wildman–Crippen MR) is 176 cm³/mol. The standard InChI is InChI=1S/C34H44Cl3N3O/c1-3-4-5-6-7-8-9-10-11-12-13-14-15-16-17-24-38-34(41)32-26(2)33(27-18-20-28(35)21-19-27)40(39-32)31-23-22-29(36)25-30(31)37/h9-10,18-23,25H,3-8,11-17,24H2,1-2H3,(H,38,41)/b10-9+. The van der Waals surface area contributed by atoms with Crippen molar-refractivity contribution in [3.8, 4) is 16.9 Å². The number of unbranched alkanes of at least 4 members (excludes halogenated alkanes) is 11. The Morgan fingerprint density at radius 1 is 0.805 bits per heavy atom. The number of hydrogen-bond acceptors (Lipinski definition) is 2. The molecule has 0 unspecified atom stereocenters. The first-order chi connectivity index (χ1) is 19.9. The van der Waals surface area contributed by atoms with E-state index < -0.39 is 0 Å². The highest BCUT2D eigenvalue weighted by Gasteiger charge is 2.23. The maximum absolute atomic E-state index is 13.2. The van der Waals surface area contributed by atoms with Gasteiger partial charge in [-0.1, -0.05) is 117 Å². The van der Waals surface area contributed by atoms with Crippen LogP contribution in [0.3, 0.4) is 0 Å². The Morgan fingerprint density at radius 2 is 1.39 bits per heavy atom. The fourth-order valence-corrected chi connectivity index (χ4v) is 5.58. The molecular weight excluding hydrogens is 573 g/mol. The summed E-state index contributed by atoms with van der Waals surface area (Å²) in [5.41, 5.74) is 3.50. The van der Waals surface area contributed by atoms with Gasteiger partial charge in [0, 0.05) is 27.7 Å².